The minimum absolute atomic E-state index is 0.0576. The summed E-state index contributed by atoms with van der Waals surface area (Å²) in [4.78, 5) is 12.2. The summed E-state index contributed by atoms with van der Waals surface area (Å²) >= 11 is 0. The van der Waals surface area contributed by atoms with Gasteiger partial charge in [-0.05, 0) is 47.4 Å². The van der Waals surface area contributed by atoms with Crippen LogP contribution in [0.3, 0.4) is 0 Å². The molecule has 7 heteroatoms. The number of amides is 1. The third kappa shape index (κ3) is 5.02. The highest BCUT2D eigenvalue weighted by molar-refractivity contribution is 7.89. The third-order valence-electron chi connectivity index (χ3n) is 3.72. The van der Waals surface area contributed by atoms with E-state index in [9.17, 15) is 18.5 Å². The maximum absolute atomic E-state index is 12.3. The van der Waals surface area contributed by atoms with E-state index in [4.69, 9.17) is 5.14 Å². The highest BCUT2D eigenvalue weighted by Gasteiger charge is 2.11. The number of rotatable bonds is 5. The molecule has 26 heavy (non-hydrogen) atoms. The first-order valence-corrected chi connectivity index (χ1v) is 9.41. The number of nitrogens with two attached hydrogens (primary N) is 1. The van der Waals surface area contributed by atoms with Gasteiger partial charge < -0.3 is 5.32 Å². The van der Waals surface area contributed by atoms with E-state index < -0.39 is 15.9 Å². The van der Waals surface area contributed by atoms with Crippen molar-refractivity contribution in [1.82, 2.24) is 0 Å². The van der Waals surface area contributed by atoms with Crippen molar-refractivity contribution in [2.75, 3.05) is 5.32 Å². The quantitative estimate of drug-likeness (QED) is 0.623. The standard InChI is InChI=1S/C19H19N3O3S/c1-13(2)15-5-3-14(4-6-15)11-16(12-20)19(23)22-17-7-9-18(10-8-17)26(21,24)25/h3-11,13H,1-2H3,(H,22,23)(H2,21,24,25)/b16-11-. The van der Waals surface area contributed by atoms with Crippen molar-refractivity contribution in [1.29, 1.82) is 5.26 Å². The lowest BCUT2D eigenvalue weighted by molar-refractivity contribution is -0.112. The Labute approximate surface area is 153 Å². The molecule has 0 bridgehead atoms. The van der Waals surface area contributed by atoms with Crippen LogP contribution in [0.1, 0.15) is 30.9 Å². The number of nitriles is 1. The lowest BCUT2D eigenvalue weighted by atomic mass is 10.0. The first-order chi connectivity index (χ1) is 12.2. The fourth-order valence-electron chi connectivity index (χ4n) is 2.22. The molecule has 0 saturated carbocycles. The molecule has 0 aliphatic heterocycles. The number of nitrogens with one attached hydrogen (secondary N) is 1. The smallest absolute Gasteiger partial charge is 0.266 e. The lowest BCUT2D eigenvalue weighted by Crippen LogP contribution is -2.14. The van der Waals surface area contributed by atoms with E-state index in [1.165, 1.54) is 35.9 Å². The summed E-state index contributed by atoms with van der Waals surface area (Å²) in [6, 6.07) is 14.9. The van der Waals surface area contributed by atoms with Crippen LogP contribution in [0.15, 0.2) is 59.0 Å². The average molecular weight is 369 g/mol. The predicted octanol–water partition coefficient (Wildman–Crippen LogP) is 3.00. The molecule has 0 atom stereocenters. The van der Waals surface area contributed by atoms with Crippen molar-refractivity contribution in [3.63, 3.8) is 0 Å². The van der Waals surface area contributed by atoms with Crippen LogP contribution in [0, 0.1) is 11.3 Å². The van der Waals surface area contributed by atoms with Crippen molar-refractivity contribution in [3.05, 3.63) is 65.2 Å². The second-order valence-electron chi connectivity index (χ2n) is 6.01. The molecule has 6 nitrogen and oxygen atoms in total. The molecule has 0 spiro atoms. The van der Waals surface area contributed by atoms with Crippen LogP contribution >= 0.6 is 0 Å². The Morgan fingerprint density at radius 1 is 1.12 bits per heavy atom. The Morgan fingerprint density at radius 3 is 2.15 bits per heavy atom. The number of sulfonamides is 1. The zero-order valence-corrected chi connectivity index (χ0v) is 15.2. The summed E-state index contributed by atoms with van der Waals surface area (Å²) in [6.07, 6.45) is 1.50. The third-order valence-corrected chi connectivity index (χ3v) is 4.65. The number of hydrogen-bond acceptors (Lipinski definition) is 4. The number of anilines is 1. The highest BCUT2D eigenvalue weighted by Crippen LogP contribution is 2.17. The SMILES string of the molecule is CC(C)c1ccc(/C=C(/C#N)C(=O)Nc2ccc(S(N)(=O)=O)cc2)cc1. The van der Waals surface area contributed by atoms with Gasteiger partial charge in [-0.15, -0.1) is 0 Å². The molecule has 134 valence electrons. The molecule has 2 rings (SSSR count). The Bertz CT molecular complexity index is 968. The van der Waals surface area contributed by atoms with Crippen molar-refractivity contribution in [2.24, 2.45) is 5.14 Å². The molecule has 1 amide bonds. The molecule has 2 aromatic carbocycles. The number of nitrogens with zero attached hydrogens (tertiary/aromatic N) is 1. The largest absolute Gasteiger partial charge is 0.321 e. The second kappa shape index (κ2) is 7.95. The van der Waals surface area contributed by atoms with Gasteiger partial charge in [-0.25, -0.2) is 13.6 Å². The summed E-state index contributed by atoms with van der Waals surface area (Å²) in [7, 11) is -3.80. The monoisotopic (exact) mass is 369 g/mol. The van der Waals surface area contributed by atoms with Gasteiger partial charge in [-0.3, -0.25) is 4.79 Å². The van der Waals surface area contributed by atoms with E-state index in [-0.39, 0.29) is 10.5 Å². The van der Waals surface area contributed by atoms with Gasteiger partial charge in [0.2, 0.25) is 10.0 Å². The minimum Gasteiger partial charge on any atom is -0.321 e. The fraction of sp³-hybridized carbons (Fsp3) is 0.158. The van der Waals surface area contributed by atoms with Gasteiger partial charge in [0.15, 0.2) is 0 Å². The maximum atomic E-state index is 12.3. The molecular weight excluding hydrogens is 350 g/mol. The van der Waals surface area contributed by atoms with Crippen molar-refractivity contribution >= 4 is 27.7 Å². The van der Waals surface area contributed by atoms with Gasteiger partial charge >= 0.3 is 0 Å². The molecule has 0 aliphatic carbocycles. The van der Waals surface area contributed by atoms with Gasteiger partial charge in [0.1, 0.15) is 11.6 Å². The highest BCUT2D eigenvalue weighted by atomic mass is 32.2. The normalized spacial score (nSPS) is 11.9. The van der Waals surface area contributed by atoms with Crippen LogP contribution in [0.4, 0.5) is 5.69 Å². The average Bonchev–Trinajstić information content (AvgIpc) is 2.59. The molecule has 0 saturated heterocycles. The van der Waals surface area contributed by atoms with Gasteiger partial charge in [-0.1, -0.05) is 38.1 Å². The molecule has 2 aromatic rings. The molecule has 3 N–H and O–H groups in total. The number of hydrogen-bond donors (Lipinski definition) is 2. The molecular formula is C19H19N3O3S. The van der Waals surface area contributed by atoms with E-state index >= 15 is 0 Å². The van der Waals surface area contributed by atoms with Gasteiger partial charge in [-0.2, -0.15) is 5.26 Å². The van der Waals surface area contributed by atoms with Crippen molar-refractivity contribution in [2.45, 2.75) is 24.7 Å². The van der Waals surface area contributed by atoms with Gasteiger partial charge in [0, 0.05) is 5.69 Å². The maximum Gasteiger partial charge on any atom is 0.266 e. The number of carbonyl (C=O) groups excluding carboxylic acids is 1. The van der Waals surface area contributed by atoms with Crippen molar-refractivity contribution < 1.29 is 13.2 Å². The second-order valence-corrected chi connectivity index (χ2v) is 7.58. The Kier molecular flexibility index (Phi) is 5.93. The number of carbonyl (C=O) groups is 1. The van der Waals surface area contributed by atoms with Crippen LogP contribution < -0.4 is 10.5 Å². The van der Waals surface area contributed by atoms with Crippen LogP contribution in [-0.4, -0.2) is 14.3 Å². The first kappa shape index (κ1) is 19.4. The Balaban J connectivity index is 2.17. The van der Waals surface area contributed by atoms with Crippen molar-refractivity contribution in [3.8, 4) is 6.07 Å². The van der Waals surface area contributed by atoms with E-state index in [0.717, 1.165) is 5.56 Å². The predicted molar refractivity (Wildman–Crippen MR) is 101 cm³/mol. The lowest BCUT2D eigenvalue weighted by Gasteiger charge is -2.06. The molecule has 0 unspecified atom stereocenters. The molecule has 0 fully saturated rings. The summed E-state index contributed by atoms with van der Waals surface area (Å²) in [5.41, 5.74) is 2.21. The van der Waals surface area contributed by atoms with Crippen LogP contribution in [0.2, 0.25) is 0 Å². The molecule has 0 aliphatic rings. The summed E-state index contributed by atoms with van der Waals surface area (Å²) < 4.78 is 22.5. The van der Waals surface area contributed by atoms with E-state index in [0.29, 0.717) is 11.6 Å². The van der Waals surface area contributed by atoms with Gasteiger partial charge in [0.05, 0.1) is 4.90 Å². The molecule has 0 aromatic heterocycles. The topological polar surface area (TPSA) is 113 Å². The minimum atomic E-state index is -3.80. The van der Waals surface area contributed by atoms with Gasteiger partial charge in [0.25, 0.3) is 5.91 Å². The van der Waals surface area contributed by atoms with E-state index in [2.05, 4.69) is 19.2 Å². The fourth-order valence-corrected chi connectivity index (χ4v) is 2.73. The van der Waals surface area contributed by atoms with Crippen LogP contribution in [0.5, 0.6) is 0 Å². The Hall–Kier alpha value is -2.95. The summed E-state index contributed by atoms with van der Waals surface area (Å²) in [5.74, 6) is -0.184. The molecule has 0 heterocycles. The van der Waals surface area contributed by atoms with Crippen LogP contribution in [0.25, 0.3) is 6.08 Å². The van der Waals surface area contributed by atoms with E-state index in [1.54, 1.807) is 0 Å². The number of benzene rings is 2. The van der Waals surface area contributed by atoms with E-state index in [1.807, 2.05) is 30.3 Å². The zero-order chi connectivity index (χ0) is 19.3. The zero-order valence-electron chi connectivity index (χ0n) is 14.4. The molecule has 0 radical (unpaired) electrons. The first-order valence-electron chi connectivity index (χ1n) is 7.86. The Morgan fingerprint density at radius 2 is 1.69 bits per heavy atom. The number of primary sulfonamides is 1. The summed E-state index contributed by atoms with van der Waals surface area (Å²) in [6.45, 7) is 4.17. The summed E-state index contributed by atoms with van der Waals surface area (Å²) in [5, 5.41) is 16.8. The van der Waals surface area contributed by atoms with Crippen LogP contribution in [-0.2, 0) is 14.8 Å².